The molecule has 2 aromatic rings. The van der Waals surface area contributed by atoms with Crippen LogP contribution in [-0.4, -0.2) is 73.8 Å². The smallest absolute Gasteiger partial charge is 0.167 e. The fraction of sp³-hybridized carbons (Fsp3) is 0.611. The lowest BCUT2D eigenvalue weighted by atomic mass is 9.86. The van der Waals surface area contributed by atoms with Gasteiger partial charge >= 0.3 is 0 Å². The molecule has 0 amide bonds. The number of benzene rings is 2. The minimum atomic E-state index is -0.182. The molecule has 0 saturated carbocycles. The summed E-state index contributed by atoms with van der Waals surface area (Å²) in [6, 6.07) is 15.2. The molecule has 0 saturated heterocycles. The van der Waals surface area contributed by atoms with E-state index in [1.54, 1.807) is 0 Å². The number of hydrogen-bond acceptors (Lipinski definition) is 6. The third-order valence-corrected chi connectivity index (χ3v) is 8.16. The van der Waals surface area contributed by atoms with Crippen molar-refractivity contribution in [1.29, 1.82) is 0 Å². The van der Waals surface area contributed by atoms with E-state index in [0.717, 1.165) is 63.4 Å². The van der Waals surface area contributed by atoms with Crippen LogP contribution in [0.15, 0.2) is 48.5 Å². The second-order valence-electron chi connectivity index (χ2n) is 11.1. The van der Waals surface area contributed by atoms with Crippen LogP contribution in [0, 0.1) is 11.8 Å². The van der Waals surface area contributed by atoms with E-state index in [0.29, 0.717) is 50.3 Å². The van der Waals surface area contributed by atoms with Crippen LogP contribution in [0.25, 0.3) is 0 Å². The van der Waals surface area contributed by atoms with Gasteiger partial charge in [-0.3, -0.25) is 9.59 Å². The van der Waals surface area contributed by atoms with Crippen LogP contribution in [0.1, 0.15) is 101 Å². The molecule has 0 aliphatic heterocycles. The van der Waals surface area contributed by atoms with Crippen molar-refractivity contribution in [2.45, 2.75) is 80.1 Å². The lowest BCUT2D eigenvalue weighted by molar-refractivity contribution is 0.0815. The predicted octanol–water partition coefficient (Wildman–Crippen LogP) is 7.81. The van der Waals surface area contributed by atoms with Crippen molar-refractivity contribution in [3.8, 4) is 11.5 Å². The molecule has 0 fully saturated rings. The Labute approximate surface area is 255 Å². The van der Waals surface area contributed by atoms with Crippen LogP contribution in [0.3, 0.4) is 0 Å². The third kappa shape index (κ3) is 11.9. The Bertz CT molecular complexity index is 930. The maximum atomic E-state index is 13.8. The number of rotatable bonds is 23. The van der Waals surface area contributed by atoms with Crippen LogP contribution in [0.5, 0.6) is 11.5 Å². The summed E-state index contributed by atoms with van der Waals surface area (Å²) in [6.07, 6.45) is 5.52. The van der Waals surface area contributed by atoms with E-state index in [-0.39, 0.29) is 23.4 Å². The number of carbonyl (C=O) groups excluding carboxylic acids is 2. The highest BCUT2D eigenvalue weighted by Crippen LogP contribution is 2.25. The van der Waals surface area contributed by atoms with Crippen LogP contribution in [0.4, 0.5) is 0 Å². The maximum absolute atomic E-state index is 13.8. The van der Waals surface area contributed by atoms with Crippen molar-refractivity contribution in [2.24, 2.45) is 11.8 Å². The minimum absolute atomic E-state index is 0.143. The van der Waals surface area contributed by atoms with Gasteiger partial charge in [0.1, 0.15) is 11.5 Å². The monoisotopic (exact) mass is 580 g/mol. The molecule has 2 atom stereocenters. The fourth-order valence-electron chi connectivity index (χ4n) is 5.17. The van der Waals surface area contributed by atoms with E-state index in [1.807, 2.05) is 48.5 Å². The van der Waals surface area contributed by atoms with E-state index in [2.05, 4.69) is 51.3 Å². The lowest BCUT2D eigenvalue weighted by Crippen LogP contribution is -2.36. The Balaban J connectivity index is 2.22. The Morgan fingerprint density at radius 3 is 1.19 bits per heavy atom. The summed E-state index contributed by atoms with van der Waals surface area (Å²) in [6.45, 7) is 19.1. The number of carbonyl (C=O) groups is 2. The van der Waals surface area contributed by atoms with Gasteiger partial charge in [-0.25, -0.2) is 0 Å². The first kappa shape index (κ1) is 35.5. The Hall–Kier alpha value is -2.70. The molecule has 6 heteroatoms. The molecule has 0 bridgehead atoms. The lowest BCUT2D eigenvalue weighted by Gasteiger charge is -2.28. The Morgan fingerprint density at radius 1 is 0.571 bits per heavy atom. The second-order valence-corrected chi connectivity index (χ2v) is 11.1. The molecule has 234 valence electrons. The molecule has 2 aromatic carbocycles. The topological polar surface area (TPSA) is 59.1 Å². The second kappa shape index (κ2) is 20.2. The molecule has 0 spiro atoms. The summed E-state index contributed by atoms with van der Waals surface area (Å²) in [4.78, 5) is 32.3. The summed E-state index contributed by atoms with van der Waals surface area (Å²) < 4.78 is 11.6. The molecule has 0 unspecified atom stereocenters. The largest absolute Gasteiger partial charge is 0.494 e. The molecule has 2 rings (SSSR count). The highest BCUT2D eigenvalue weighted by Gasteiger charge is 2.27. The Kier molecular flexibility index (Phi) is 17.1. The van der Waals surface area contributed by atoms with Gasteiger partial charge in [0.25, 0.3) is 0 Å². The number of nitrogens with zero attached hydrogens (tertiary/aromatic N) is 2. The molecule has 42 heavy (non-hydrogen) atoms. The van der Waals surface area contributed by atoms with Gasteiger partial charge in [-0.2, -0.15) is 0 Å². The average Bonchev–Trinajstić information content (AvgIpc) is 3.03. The molecule has 0 aliphatic rings. The van der Waals surface area contributed by atoms with Crippen molar-refractivity contribution in [1.82, 2.24) is 9.80 Å². The predicted molar refractivity (Wildman–Crippen MR) is 174 cm³/mol. The van der Waals surface area contributed by atoms with Gasteiger partial charge in [0.2, 0.25) is 0 Å². The number of unbranched alkanes of at least 4 members (excludes halogenated alkanes) is 2. The first-order valence-electron chi connectivity index (χ1n) is 16.4. The maximum Gasteiger partial charge on any atom is 0.167 e. The van der Waals surface area contributed by atoms with Crippen LogP contribution in [0.2, 0.25) is 0 Å². The van der Waals surface area contributed by atoms with Crippen molar-refractivity contribution >= 4 is 11.6 Å². The minimum Gasteiger partial charge on any atom is -0.494 e. The van der Waals surface area contributed by atoms with Gasteiger partial charge in [0, 0.05) is 36.1 Å². The molecular formula is C36H56N2O4. The van der Waals surface area contributed by atoms with E-state index in [9.17, 15) is 9.59 Å². The molecular weight excluding hydrogens is 524 g/mol. The van der Waals surface area contributed by atoms with Crippen LogP contribution >= 0.6 is 0 Å². The number of ether oxygens (including phenoxy) is 2. The molecule has 6 nitrogen and oxygen atoms in total. The van der Waals surface area contributed by atoms with E-state index in [4.69, 9.17) is 9.47 Å². The van der Waals surface area contributed by atoms with E-state index in [1.165, 1.54) is 0 Å². The van der Waals surface area contributed by atoms with Crippen molar-refractivity contribution in [2.75, 3.05) is 52.5 Å². The summed E-state index contributed by atoms with van der Waals surface area (Å²) >= 11 is 0. The highest BCUT2D eigenvalue weighted by atomic mass is 16.5. The SMILES string of the molecule is CCCCOc1ccc(C(=O)[C@H](CC[C@@H](CN(CC)CC)C(=O)c2ccc(OCCCC)cc2)CN(CC)CC)cc1. The fourth-order valence-corrected chi connectivity index (χ4v) is 5.17. The first-order valence-corrected chi connectivity index (χ1v) is 16.4. The third-order valence-electron chi connectivity index (χ3n) is 8.16. The number of ketones is 2. The zero-order valence-corrected chi connectivity index (χ0v) is 27.2. The Morgan fingerprint density at radius 2 is 0.905 bits per heavy atom. The van der Waals surface area contributed by atoms with Crippen molar-refractivity contribution in [3.63, 3.8) is 0 Å². The average molecular weight is 581 g/mol. The summed E-state index contributed by atoms with van der Waals surface area (Å²) in [5, 5.41) is 0. The zero-order valence-electron chi connectivity index (χ0n) is 27.2. The first-order chi connectivity index (χ1) is 20.4. The summed E-state index contributed by atoms with van der Waals surface area (Å²) in [7, 11) is 0. The molecule has 0 N–H and O–H groups in total. The summed E-state index contributed by atoms with van der Waals surface area (Å²) in [5.41, 5.74) is 1.42. The van der Waals surface area contributed by atoms with Gasteiger partial charge in [-0.15, -0.1) is 0 Å². The normalized spacial score (nSPS) is 12.9. The standard InChI is InChI=1S/C36H56N2O4/c1-7-13-25-41-33-21-17-29(18-22-33)35(39)31(27-37(9-3)10-4)15-16-32(28-38(11-5)12-6)36(40)30-19-23-34(24-20-30)42-26-14-8-2/h17-24,31-32H,7-16,25-28H2,1-6H3/t31-,32+. The van der Waals surface area contributed by atoms with Crippen molar-refractivity contribution in [3.05, 3.63) is 59.7 Å². The van der Waals surface area contributed by atoms with Gasteiger partial charge in [0.05, 0.1) is 13.2 Å². The van der Waals surface area contributed by atoms with Gasteiger partial charge in [-0.05, 0) is 100 Å². The molecule has 0 aromatic heterocycles. The quantitative estimate of drug-likeness (QED) is 0.0987. The molecule has 0 aliphatic carbocycles. The van der Waals surface area contributed by atoms with Gasteiger partial charge < -0.3 is 19.3 Å². The van der Waals surface area contributed by atoms with E-state index >= 15 is 0 Å². The van der Waals surface area contributed by atoms with Gasteiger partial charge in [0.15, 0.2) is 11.6 Å². The van der Waals surface area contributed by atoms with Crippen molar-refractivity contribution < 1.29 is 19.1 Å². The highest BCUT2D eigenvalue weighted by molar-refractivity contribution is 5.99. The van der Waals surface area contributed by atoms with Crippen LogP contribution in [-0.2, 0) is 0 Å². The molecule has 0 radical (unpaired) electrons. The van der Waals surface area contributed by atoms with Crippen LogP contribution < -0.4 is 9.47 Å². The zero-order chi connectivity index (χ0) is 30.7. The van der Waals surface area contributed by atoms with Gasteiger partial charge in [-0.1, -0.05) is 54.4 Å². The summed E-state index contributed by atoms with van der Waals surface area (Å²) in [5.74, 6) is 1.52. The number of Topliss-reactive ketones (excluding diaryl/α,β-unsaturated/α-hetero) is 2. The molecule has 0 heterocycles. The van der Waals surface area contributed by atoms with E-state index < -0.39 is 0 Å². The number of hydrogen-bond donors (Lipinski definition) is 0.